The minimum atomic E-state index is -0.710. The Morgan fingerprint density at radius 2 is 1.61 bits per heavy atom. The molecule has 1 aliphatic rings. The number of nitrogens with one attached hydrogen (secondary N) is 2. The summed E-state index contributed by atoms with van der Waals surface area (Å²) < 4.78 is 4.66. The molecule has 4 rings (SSSR count). The van der Waals surface area contributed by atoms with Gasteiger partial charge in [-0.3, -0.25) is 14.4 Å². The SMILES string of the molecule is COC(=O)c1ccc(N2C(=O)C(Cl)=C(Nc3cccc(C(=O)Nc4ccc(C)cc4C)c3)C2=O)cc1. The van der Waals surface area contributed by atoms with E-state index in [2.05, 4.69) is 15.4 Å². The van der Waals surface area contributed by atoms with Crippen LogP contribution in [-0.4, -0.2) is 30.8 Å². The normalized spacial score (nSPS) is 13.2. The van der Waals surface area contributed by atoms with Crippen molar-refractivity contribution in [1.82, 2.24) is 0 Å². The molecule has 0 aliphatic carbocycles. The van der Waals surface area contributed by atoms with Gasteiger partial charge in [0.2, 0.25) is 0 Å². The largest absolute Gasteiger partial charge is 0.465 e. The number of aryl methyl sites for hydroxylation is 2. The number of methoxy groups -OCH3 is 1. The summed E-state index contributed by atoms with van der Waals surface area (Å²) in [6, 6.07) is 18.0. The van der Waals surface area contributed by atoms with E-state index in [9.17, 15) is 19.2 Å². The van der Waals surface area contributed by atoms with Gasteiger partial charge in [-0.2, -0.15) is 0 Å². The van der Waals surface area contributed by atoms with Crippen LogP contribution in [-0.2, 0) is 14.3 Å². The van der Waals surface area contributed by atoms with E-state index in [1.807, 2.05) is 32.0 Å². The summed E-state index contributed by atoms with van der Waals surface area (Å²) in [6.07, 6.45) is 0. The Hall–Kier alpha value is -4.43. The highest BCUT2D eigenvalue weighted by molar-refractivity contribution is 6.53. The van der Waals surface area contributed by atoms with E-state index >= 15 is 0 Å². The second-order valence-electron chi connectivity index (χ2n) is 8.15. The summed E-state index contributed by atoms with van der Waals surface area (Å²) in [7, 11) is 1.26. The smallest absolute Gasteiger partial charge is 0.337 e. The molecule has 3 aromatic carbocycles. The molecule has 2 N–H and O–H groups in total. The van der Waals surface area contributed by atoms with Crippen LogP contribution in [0.15, 0.2) is 77.5 Å². The third-order valence-corrected chi connectivity index (χ3v) is 5.95. The van der Waals surface area contributed by atoms with Crippen LogP contribution >= 0.6 is 11.6 Å². The van der Waals surface area contributed by atoms with Crippen molar-refractivity contribution in [3.63, 3.8) is 0 Å². The number of nitrogens with zero attached hydrogens (tertiary/aromatic N) is 1. The van der Waals surface area contributed by atoms with Gasteiger partial charge in [-0.15, -0.1) is 0 Å². The Kier molecular flexibility index (Phi) is 6.89. The van der Waals surface area contributed by atoms with Gasteiger partial charge < -0.3 is 15.4 Å². The number of halogens is 1. The summed E-state index contributed by atoms with van der Waals surface area (Å²) in [5, 5.41) is 5.46. The first-order chi connectivity index (χ1) is 17.2. The molecule has 1 heterocycles. The maximum Gasteiger partial charge on any atom is 0.337 e. The molecule has 36 heavy (non-hydrogen) atoms. The number of esters is 1. The van der Waals surface area contributed by atoms with Crippen LogP contribution in [0.1, 0.15) is 31.8 Å². The van der Waals surface area contributed by atoms with Crippen LogP contribution in [0.4, 0.5) is 17.1 Å². The molecule has 3 aromatic rings. The van der Waals surface area contributed by atoms with Crippen molar-refractivity contribution in [1.29, 1.82) is 0 Å². The summed E-state index contributed by atoms with van der Waals surface area (Å²) >= 11 is 6.21. The number of benzene rings is 3. The number of hydrogen-bond acceptors (Lipinski definition) is 6. The van der Waals surface area contributed by atoms with Gasteiger partial charge in [0, 0.05) is 16.9 Å². The lowest BCUT2D eigenvalue weighted by Crippen LogP contribution is -2.32. The van der Waals surface area contributed by atoms with Crippen molar-refractivity contribution < 1.29 is 23.9 Å². The number of imide groups is 1. The van der Waals surface area contributed by atoms with Crippen molar-refractivity contribution in [2.75, 3.05) is 22.6 Å². The van der Waals surface area contributed by atoms with Gasteiger partial charge in [-0.05, 0) is 67.9 Å². The van der Waals surface area contributed by atoms with Gasteiger partial charge in [0.15, 0.2) is 0 Å². The van der Waals surface area contributed by atoms with Crippen molar-refractivity contribution in [2.45, 2.75) is 13.8 Å². The van der Waals surface area contributed by atoms with Gasteiger partial charge in [0.1, 0.15) is 10.7 Å². The molecule has 1 aliphatic heterocycles. The van der Waals surface area contributed by atoms with Crippen molar-refractivity contribution in [3.8, 4) is 0 Å². The molecule has 0 atom stereocenters. The average Bonchev–Trinajstić information content (AvgIpc) is 3.08. The van der Waals surface area contributed by atoms with Crippen molar-refractivity contribution in [3.05, 3.63) is 99.7 Å². The van der Waals surface area contributed by atoms with Crippen LogP contribution < -0.4 is 15.5 Å². The summed E-state index contributed by atoms with van der Waals surface area (Å²) in [5.41, 5.74) is 3.87. The topological polar surface area (TPSA) is 105 Å². The molecular formula is C27H22ClN3O5. The number of rotatable bonds is 6. The third kappa shape index (κ3) is 4.85. The fraction of sp³-hybridized carbons (Fsp3) is 0.111. The van der Waals surface area contributed by atoms with Gasteiger partial charge in [0.05, 0.1) is 18.4 Å². The number of ether oxygens (including phenoxy) is 1. The number of anilines is 3. The van der Waals surface area contributed by atoms with Crippen molar-refractivity contribution >= 4 is 52.4 Å². The molecule has 0 radical (unpaired) electrons. The Bertz CT molecular complexity index is 1430. The van der Waals surface area contributed by atoms with Gasteiger partial charge in [-0.1, -0.05) is 35.4 Å². The Morgan fingerprint density at radius 3 is 2.28 bits per heavy atom. The van der Waals surface area contributed by atoms with Crippen LogP contribution in [0.5, 0.6) is 0 Å². The zero-order chi connectivity index (χ0) is 26.0. The van der Waals surface area contributed by atoms with E-state index in [-0.39, 0.29) is 27.9 Å². The Balaban J connectivity index is 1.52. The molecule has 0 spiro atoms. The average molecular weight is 504 g/mol. The molecule has 9 heteroatoms. The van der Waals surface area contributed by atoms with Crippen molar-refractivity contribution in [2.24, 2.45) is 0 Å². The van der Waals surface area contributed by atoms with E-state index in [1.54, 1.807) is 24.3 Å². The summed E-state index contributed by atoms with van der Waals surface area (Å²) in [4.78, 5) is 51.2. The zero-order valence-corrected chi connectivity index (χ0v) is 20.5. The Morgan fingerprint density at radius 1 is 0.889 bits per heavy atom. The first-order valence-electron chi connectivity index (χ1n) is 10.9. The van der Waals surface area contributed by atoms with E-state index in [0.29, 0.717) is 16.9 Å². The van der Waals surface area contributed by atoms with Crippen LogP contribution in [0, 0.1) is 13.8 Å². The lowest BCUT2D eigenvalue weighted by Gasteiger charge is -2.15. The highest BCUT2D eigenvalue weighted by Crippen LogP contribution is 2.30. The molecule has 0 fully saturated rings. The molecule has 8 nitrogen and oxygen atoms in total. The van der Waals surface area contributed by atoms with Crippen LogP contribution in [0.2, 0.25) is 0 Å². The molecule has 0 unspecified atom stereocenters. The monoisotopic (exact) mass is 503 g/mol. The van der Waals surface area contributed by atoms with E-state index in [1.165, 1.54) is 31.4 Å². The van der Waals surface area contributed by atoms with E-state index in [4.69, 9.17) is 11.6 Å². The Labute approximate surface area is 212 Å². The highest BCUT2D eigenvalue weighted by atomic mass is 35.5. The quantitative estimate of drug-likeness (QED) is 0.370. The van der Waals surface area contributed by atoms with Gasteiger partial charge in [0.25, 0.3) is 17.7 Å². The fourth-order valence-electron chi connectivity index (χ4n) is 3.74. The predicted molar refractivity (Wildman–Crippen MR) is 137 cm³/mol. The zero-order valence-electron chi connectivity index (χ0n) is 19.7. The second-order valence-corrected chi connectivity index (χ2v) is 8.53. The molecule has 0 bridgehead atoms. The maximum atomic E-state index is 13.1. The third-order valence-electron chi connectivity index (χ3n) is 5.60. The number of amides is 3. The first kappa shape index (κ1) is 24.7. The molecule has 0 aromatic heterocycles. The van der Waals surface area contributed by atoms with E-state index in [0.717, 1.165) is 16.0 Å². The molecule has 3 amide bonds. The number of carbonyl (C=O) groups excluding carboxylic acids is 4. The number of carbonyl (C=O) groups is 4. The summed E-state index contributed by atoms with van der Waals surface area (Å²) in [5.74, 6) is -2.24. The second kappa shape index (κ2) is 10.1. The number of hydrogen-bond donors (Lipinski definition) is 2. The van der Waals surface area contributed by atoms with Gasteiger partial charge in [-0.25, -0.2) is 9.69 Å². The predicted octanol–water partition coefficient (Wildman–Crippen LogP) is 4.78. The van der Waals surface area contributed by atoms with Crippen LogP contribution in [0.3, 0.4) is 0 Å². The first-order valence-corrected chi connectivity index (χ1v) is 11.3. The van der Waals surface area contributed by atoms with Gasteiger partial charge >= 0.3 is 5.97 Å². The minimum Gasteiger partial charge on any atom is -0.465 e. The molecular weight excluding hydrogens is 482 g/mol. The lowest BCUT2D eigenvalue weighted by atomic mass is 10.1. The van der Waals surface area contributed by atoms with Crippen LogP contribution in [0.25, 0.3) is 0 Å². The maximum absolute atomic E-state index is 13.1. The standard InChI is InChI=1S/C27H22ClN3O5/c1-15-7-12-21(16(2)13-15)30-24(32)18-5-4-6-19(14-18)29-23-22(28)25(33)31(26(23)34)20-10-8-17(9-11-20)27(35)36-3/h4-14,29H,1-3H3,(H,30,32). The highest BCUT2D eigenvalue weighted by Gasteiger charge is 2.39. The minimum absolute atomic E-state index is 0.120. The molecule has 0 saturated heterocycles. The summed E-state index contributed by atoms with van der Waals surface area (Å²) in [6.45, 7) is 3.88. The molecule has 182 valence electrons. The fourth-order valence-corrected chi connectivity index (χ4v) is 3.95. The molecule has 0 saturated carbocycles. The van der Waals surface area contributed by atoms with E-state index < -0.39 is 17.8 Å². The lowest BCUT2D eigenvalue weighted by molar-refractivity contribution is -0.120.